The lowest BCUT2D eigenvalue weighted by Crippen LogP contribution is -2.34. The number of aryl methyl sites for hydroxylation is 1. The summed E-state index contributed by atoms with van der Waals surface area (Å²) in [5.41, 5.74) is 3.31. The van der Waals surface area contributed by atoms with Gasteiger partial charge in [0.05, 0.1) is 5.60 Å². The van der Waals surface area contributed by atoms with Crippen molar-refractivity contribution in [2.75, 3.05) is 5.32 Å². The van der Waals surface area contributed by atoms with E-state index in [4.69, 9.17) is 4.78 Å². The predicted octanol–water partition coefficient (Wildman–Crippen LogP) is 5.12. The quantitative estimate of drug-likeness (QED) is 0.494. The minimum absolute atomic E-state index is 0.222. The third-order valence-electron chi connectivity index (χ3n) is 6.08. The zero-order chi connectivity index (χ0) is 21.7. The second-order valence-electron chi connectivity index (χ2n) is 8.94. The van der Waals surface area contributed by atoms with Crippen LogP contribution < -0.4 is 10.0 Å². The SMILES string of the molecule is C[C@@H](c1ccc2c(c1NC(=O)NS(=N)(=O)c1ccc(C(C)(C)O)s1)CCC2)C1CC1. The van der Waals surface area contributed by atoms with Gasteiger partial charge in [-0.2, -0.15) is 0 Å². The van der Waals surface area contributed by atoms with E-state index in [9.17, 15) is 14.1 Å². The molecule has 1 unspecified atom stereocenters. The molecule has 2 amide bonds. The molecule has 8 heteroatoms. The summed E-state index contributed by atoms with van der Waals surface area (Å²) in [7, 11) is -3.52. The van der Waals surface area contributed by atoms with Crippen molar-refractivity contribution in [2.24, 2.45) is 5.92 Å². The summed E-state index contributed by atoms with van der Waals surface area (Å²) < 4.78 is 23.7. The molecule has 0 radical (unpaired) electrons. The van der Waals surface area contributed by atoms with Crippen molar-refractivity contribution < 1.29 is 14.1 Å². The van der Waals surface area contributed by atoms with Gasteiger partial charge >= 0.3 is 6.03 Å². The van der Waals surface area contributed by atoms with E-state index >= 15 is 0 Å². The molecule has 0 spiro atoms. The van der Waals surface area contributed by atoms with Crippen LogP contribution in [0.15, 0.2) is 28.5 Å². The molecule has 4 N–H and O–H groups in total. The fraction of sp³-hybridized carbons (Fsp3) is 0.500. The molecular formula is C22H29N3O3S2. The molecule has 2 atom stereocenters. The first-order chi connectivity index (χ1) is 14.1. The molecule has 1 heterocycles. The van der Waals surface area contributed by atoms with Gasteiger partial charge < -0.3 is 10.4 Å². The van der Waals surface area contributed by atoms with Gasteiger partial charge in [0, 0.05) is 10.6 Å². The smallest absolute Gasteiger partial charge is 0.331 e. The zero-order valence-corrected chi connectivity index (χ0v) is 19.2. The van der Waals surface area contributed by atoms with Crippen LogP contribution in [0.2, 0.25) is 0 Å². The lowest BCUT2D eigenvalue weighted by Gasteiger charge is -2.21. The van der Waals surface area contributed by atoms with Gasteiger partial charge in [-0.3, -0.25) is 0 Å². The van der Waals surface area contributed by atoms with E-state index in [1.807, 2.05) is 0 Å². The van der Waals surface area contributed by atoms with Gasteiger partial charge in [0.25, 0.3) is 0 Å². The van der Waals surface area contributed by atoms with Crippen molar-refractivity contribution in [2.45, 2.75) is 68.6 Å². The summed E-state index contributed by atoms with van der Waals surface area (Å²) >= 11 is 1.08. The fourth-order valence-electron chi connectivity index (χ4n) is 4.19. The highest BCUT2D eigenvalue weighted by molar-refractivity contribution is 7.93. The summed E-state index contributed by atoms with van der Waals surface area (Å²) in [4.78, 5) is 13.4. The third kappa shape index (κ3) is 4.26. The van der Waals surface area contributed by atoms with Crippen molar-refractivity contribution in [3.8, 4) is 0 Å². The number of rotatable bonds is 6. The molecule has 0 aliphatic heterocycles. The number of benzene rings is 1. The van der Waals surface area contributed by atoms with Gasteiger partial charge in [-0.25, -0.2) is 18.5 Å². The van der Waals surface area contributed by atoms with Crippen molar-refractivity contribution in [1.29, 1.82) is 4.78 Å². The number of fused-ring (bicyclic) bond motifs is 1. The number of urea groups is 1. The molecule has 2 aromatic rings. The van der Waals surface area contributed by atoms with Crippen LogP contribution in [0.25, 0.3) is 0 Å². The van der Waals surface area contributed by atoms with Gasteiger partial charge in [-0.1, -0.05) is 19.1 Å². The number of nitrogens with one attached hydrogen (secondary N) is 3. The van der Waals surface area contributed by atoms with Gasteiger partial charge in [0.2, 0.25) is 0 Å². The summed E-state index contributed by atoms with van der Waals surface area (Å²) in [6, 6.07) is 6.85. The highest BCUT2D eigenvalue weighted by atomic mass is 32.2. The van der Waals surface area contributed by atoms with E-state index in [1.54, 1.807) is 19.9 Å². The molecule has 162 valence electrons. The average Bonchev–Trinajstić information content (AvgIpc) is 3.16. The van der Waals surface area contributed by atoms with Crippen molar-refractivity contribution >= 4 is 33.0 Å². The van der Waals surface area contributed by atoms with Gasteiger partial charge in [-0.15, -0.1) is 11.3 Å². The molecular weight excluding hydrogens is 418 g/mol. The Labute approximate surface area is 182 Å². The van der Waals surface area contributed by atoms with Crippen molar-refractivity contribution in [1.82, 2.24) is 4.72 Å². The maximum Gasteiger partial charge on any atom is 0.331 e. The lowest BCUT2D eigenvalue weighted by atomic mass is 9.91. The van der Waals surface area contributed by atoms with Crippen molar-refractivity contribution in [3.63, 3.8) is 0 Å². The van der Waals surface area contributed by atoms with E-state index in [1.165, 1.54) is 30.0 Å². The first-order valence-electron chi connectivity index (χ1n) is 10.4. The van der Waals surface area contributed by atoms with Crippen LogP contribution >= 0.6 is 11.3 Å². The molecule has 30 heavy (non-hydrogen) atoms. The Morgan fingerprint density at radius 2 is 2.00 bits per heavy atom. The standard InChI is InChI=1S/C22H29N3O3S2/c1-13(14-7-8-14)16-10-9-15-5-4-6-17(15)20(16)24-21(26)25-30(23,28)19-12-11-18(29-19)22(2,3)27/h9-14,27H,4-8H2,1-3H3,(H3,23,24,25,26,28)/t13-,30?/m1/s1. The number of carbonyl (C=O) groups is 1. The topological polar surface area (TPSA) is 102 Å². The Hall–Kier alpha value is -1.90. The predicted molar refractivity (Wildman–Crippen MR) is 120 cm³/mol. The molecule has 0 saturated heterocycles. The Bertz CT molecular complexity index is 1080. The maximum atomic E-state index is 12.9. The molecule has 1 aromatic carbocycles. The minimum Gasteiger partial charge on any atom is -0.385 e. The average molecular weight is 448 g/mol. The monoisotopic (exact) mass is 447 g/mol. The molecule has 1 saturated carbocycles. The minimum atomic E-state index is -3.52. The van der Waals surface area contributed by atoms with Gasteiger partial charge in [-0.05, 0) is 86.6 Å². The van der Waals surface area contributed by atoms with Gasteiger partial charge in [0.1, 0.15) is 4.21 Å². The zero-order valence-electron chi connectivity index (χ0n) is 17.6. The van der Waals surface area contributed by atoms with E-state index in [0.717, 1.165) is 41.9 Å². The number of hydrogen-bond donors (Lipinski definition) is 4. The van der Waals surface area contributed by atoms with Gasteiger partial charge in [0.15, 0.2) is 9.92 Å². The van der Waals surface area contributed by atoms with Crippen LogP contribution in [0.1, 0.15) is 67.5 Å². The number of aliphatic hydroxyl groups is 1. The van der Waals surface area contributed by atoms with E-state index in [-0.39, 0.29) is 4.21 Å². The Kier molecular flexibility index (Phi) is 5.45. The summed E-state index contributed by atoms with van der Waals surface area (Å²) in [5.74, 6) is 1.01. The largest absolute Gasteiger partial charge is 0.385 e. The van der Waals surface area contributed by atoms with Crippen LogP contribution in [0.5, 0.6) is 0 Å². The molecule has 2 aliphatic carbocycles. The summed E-state index contributed by atoms with van der Waals surface area (Å²) in [6.45, 7) is 5.47. The number of amides is 2. The van der Waals surface area contributed by atoms with Crippen molar-refractivity contribution in [3.05, 3.63) is 45.8 Å². The molecule has 4 rings (SSSR count). The first-order valence-corrected chi connectivity index (χ1v) is 12.8. The number of thiophene rings is 1. The Balaban J connectivity index is 1.57. The molecule has 1 aromatic heterocycles. The number of carbonyl (C=O) groups excluding carboxylic acids is 1. The molecule has 2 aliphatic rings. The van der Waals surface area contributed by atoms with Crippen LogP contribution in [-0.4, -0.2) is 15.3 Å². The van der Waals surface area contributed by atoms with Crippen LogP contribution in [0, 0.1) is 10.7 Å². The van der Waals surface area contributed by atoms with E-state index in [0.29, 0.717) is 16.7 Å². The second-order valence-corrected chi connectivity index (χ2v) is 12.0. The van der Waals surface area contributed by atoms with Crippen LogP contribution in [-0.2, 0) is 28.4 Å². The fourth-order valence-corrected chi connectivity index (χ4v) is 6.46. The third-order valence-corrected chi connectivity index (χ3v) is 9.40. The highest BCUT2D eigenvalue weighted by Gasteiger charge is 2.32. The molecule has 6 nitrogen and oxygen atoms in total. The number of hydrogen-bond acceptors (Lipinski definition) is 5. The van der Waals surface area contributed by atoms with Crippen LogP contribution in [0.3, 0.4) is 0 Å². The summed E-state index contributed by atoms with van der Waals surface area (Å²) in [6.07, 6.45) is 5.43. The van der Waals surface area contributed by atoms with E-state index in [2.05, 4.69) is 29.1 Å². The molecule has 1 fully saturated rings. The first kappa shape index (κ1) is 21.3. The number of anilines is 1. The second kappa shape index (κ2) is 7.66. The Morgan fingerprint density at radius 3 is 2.63 bits per heavy atom. The van der Waals surface area contributed by atoms with E-state index < -0.39 is 21.5 Å². The summed E-state index contributed by atoms with van der Waals surface area (Å²) in [5, 5.41) is 13.1. The Morgan fingerprint density at radius 1 is 1.27 bits per heavy atom. The molecule has 0 bridgehead atoms. The maximum absolute atomic E-state index is 12.9. The lowest BCUT2D eigenvalue weighted by molar-refractivity contribution is 0.0825. The van der Waals surface area contributed by atoms with Crippen LogP contribution in [0.4, 0.5) is 10.5 Å². The highest BCUT2D eigenvalue weighted by Crippen LogP contribution is 2.46. The normalized spacial score (nSPS) is 19.1.